The molecule has 16 heavy (non-hydrogen) atoms. The summed E-state index contributed by atoms with van der Waals surface area (Å²) in [6, 6.07) is 7.42. The third-order valence-electron chi connectivity index (χ3n) is 2.19. The summed E-state index contributed by atoms with van der Waals surface area (Å²) in [6.45, 7) is 0.287. The molecule has 0 radical (unpaired) electrons. The van der Waals surface area contributed by atoms with Gasteiger partial charge in [0.25, 0.3) is 0 Å². The molecule has 6 heteroatoms. The van der Waals surface area contributed by atoms with Crippen LogP contribution in [0.2, 0.25) is 5.02 Å². The van der Waals surface area contributed by atoms with Gasteiger partial charge in [-0.15, -0.1) is 21.8 Å². The molecule has 0 atom stereocenters. The molecule has 0 fully saturated rings. The van der Waals surface area contributed by atoms with Crippen LogP contribution in [0.3, 0.4) is 0 Å². The van der Waals surface area contributed by atoms with E-state index < -0.39 is 0 Å². The molecule has 0 bridgehead atoms. The standard InChI is InChI=1S/C10H10Cl2N4/c11-5-9-14-15-10(6-13)16(9)8-4-2-1-3-7(8)12/h1-4H,5-6,13H2. The first-order chi connectivity index (χ1) is 7.77. The Bertz CT molecular complexity index is 474. The first kappa shape index (κ1) is 11.4. The van der Waals surface area contributed by atoms with Crippen LogP contribution in [-0.4, -0.2) is 14.8 Å². The first-order valence-corrected chi connectivity index (χ1v) is 5.63. The fourth-order valence-electron chi connectivity index (χ4n) is 1.48. The van der Waals surface area contributed by atoms with Crippen molar-refractivity contribution in [1.82, 2.24) is 14.8 Å². The molecule has 0 unspecified atom stereocenters. The van der Waals surface area contributed by atoms with E-state index in [9.17, 15) is 0 Å². The molecule has 0 saturated heterocycles. The number of rotatable bonds is 3. The highest BCUT2D eigenvalue weighted by Gasteiger charge is 2.13. The van der Waals surface area contributed by atoms with Crippen LogP contribution in [0.5, 0.6) is 0 Å². The van der Waals surface area contributed by atoms with Crippen LogP contribution in [0.1, 0.15) is 11.6 Å². The summed E-state index contributed by atoms with van der Waals surface area (Å²) >= 11 is 11.9. The number of nitrogens with zero attached hydrogens (tertiary/aromatic N) is 3. The Hall–Kier alpha value is -1.10. The average molecular weight is 257 g/mol. The minimum atomic E-state index is 0.262. The smallest absolute Gasteiger partial charge is 0.152 e. The van der Waals surface area contributed by atoms with Crippen LogP contribution < -0.4 is 5.73 Å². The maximum atomic E-state index is 6.11. The van der Waals surface area contributed by atoms with Crippen LogP contribution in [0.25, 0.3) is 5.69 Å². The van der Waals surface area contributed by atoms with Crippen LogP contribution >= 0.6 is 23.2 Å². The molecule has 84 valence electrons. The monoisotopic (exact) mass is 256 g/mol. The third-order valence-corrected chi connectivity index (χ3v) is 2.75. The van der Waals surface area contributed by atoms with Crippen molar-refractivity contribution >= 4 is 23.2 Å². The summed E-state index contributed by atoms with van der Waals surface area (Å²) in [5.74, 6) is 1.54. The largest absolute Gasteiger partial charge is 0.324 e. The second-order valence-corrected chi connectivity index (χ2v) is 3.83. The summed E-state index contributed by atoms with van der Waals surface area (Å²) in [4.78, 5) is 0. The van der Waals surface area contributed by atoms with Gasteiger partial charge < -0.3 is 5.73 Å². The lowest BCUT2D eigenvalue weighted by Gasteiger charge is -2.09. The van der Waals surface area contributed by atoms with Gasteiger partial charge in [0.1, 0.15) is 0 Å². The molecule has 2 N–H and O–H groups in total. The molecule has 0 aliphatic heterocycles. The maximum absolute atomic E-state index is 6.11. The third kappa shape index (κ3) is 1.91. The summed E-state index contributed by atoms with van der Waals surface area (Å²) in [6.07, 6.45) is 0. The number of hydrogen-bond acceptors (Lipinski definition) is 3. The molecule has 1 heterocycles. The van der Waals surface area contributed by atoms with Gasteiger partial charge in [0, 0.05) is 0 Å². The molecule has 0 amide bonds. The van der Waals surface area contributed by atoms with E-state index in [-0.39, 0.29) is 12.4 Å². The molecule has 0 saturated carbocycles. The zero-order valence-corrected chi connectivity index (χ0v) is 9.91. The minimum Gasteiger partial charge on any atom is -0.324 e. The van der Waals surface area contributed by atoms with E-state index in [0.29, 0.717) is 16.7 Å². The van der Waals surface area contributed by atoms with E-state index in [1.807, 2.05) is 18.2 Å². The SMILES string of the molecule is NCc1nnc(CCl)n1-c1ccccc1Cl. The Morgan fingerprint density at radius 2 is 1.88 bits per heavy atom. The second kappa shape index (κ2) is 4.82. The highest BCUT2D eigenvalue weighted by atomic mass is 35.5. The Morgan fingerprint density at radius 3 is 2.50 bits per heavy atom. The highest BCUT2D eigenvalue weighted by Crippen LogP contribution is 2.22. The van der Waals surface area contributed by atoms with E-state index in [0.717, 1.165) is 5.69 Å². The second-order valence-electron chi connectivity index (χ2n) is 3.16. The summed E-state index contributed by atoms with van der Waals surface area (Å²) in [5, 5.41) is 8.55. The molecule has 1 aromatic carbocycles. The van der Waals surface area contributed by atoms with Crippen molar-refractivity contribution in [2.45, 2.75) is 12.4 Å². The topological polar surface area (TPSA) is 56.7 Å². The lowest BCUT2D eigenvalue weighted by Crippen LogP contribution is -2.09. The fourth-order valence-corrected chi connectivity index (χ4v) is 1.88. The van der Waals surface area contributed by atoms with Gasteiger partial charge in [0.15, 0.2) is 11.6 Å². The molecule has 2 rings (SSSR count). The summed E-state index contributed by atoms with van der Waals surface area (Å²) in [5.41, 5.74) is 6.39. The predicted octanol–water partition coefficient (Wildman–Crippen LogP) is 2.12. The Morgan fingerprint density at radius 1 is 1.19 bits per heavy atom. The molecule has 4 nitrogen and oxygen atoms in total. The van der Waals surface area contributed by atoms with Gasteiger partial charge in [-0.2, -0.15) is 0 Å². The maximum Gasteiger partial charge on any atom is 0.152 e. The zero-order valence-electron chi connectivity index (χ0n) is 8.40. The lowest BCUT2D eigenvalue weighted by atomic mass is 10.3. The number of aromatic nitrogens is 3. The summed E-state index contributed by atoms with van der Waals surface area (Å²) < 4.78 is 1.79. The van der Waals surface area contributed by atoms with E-state index in [2.05, 4.69) is 10.2 Å². The quantitative estimate of drug-likeness (QED) is 0.857. The molecule has 2 aromatic rings. The number of benzene rings is 1. The Balaban J connectivity index is 2.62. The summed E-state index contributed by atoms with van der Waals surface area (Å²) in [7, 11) is 0. The van der Waals surface area contributed by atoms with Crippen molar-refractivity contribution < 1.29 is 0 Å². The minimum absolute atomic E-state index is 0.262. The number of hydrogen-bond donors (Lipinski definition) is 1. The van der Waals surface area contributed by atoms with Crippen LogP contribution in [-0.2, 0) is 12.4 Å². The van der Waals surface area contributed by atoms with Crippen molar-refractivity contribution in [3.63, 3.8) is 0 Å². The van der Waals surface area contributed by atoms with E-state index in [1.165, 1.54) is 0 Å². The predicted molar refractivity (Wildman–Crippen MR) is 63.8 cm³/mol. The molecular formula is C10H10Cl2N4. The highest BCUT2D eigenvalue weighted by molar-refractivity contribution is 6.32. The van der Waals surface area contributed by atoms with Crippen LogP contribution in [0, 0.1) is 0 Å². The van der Waals surface area contributed by atoms with Gasteiger partial charge >= 0.3 is 0 Å². The van der Waals surface area contributed by atoms with E-state index in [4.69, 9.17) is 28.9 Å². The fraction of sp³-hybridized carbons (Fsp3) is 0.200. The van der Waals surface area contributed by atoms with Gasteiger partial charge in [-0.3, -0.25) is 4.57 Å². The number of para-hydroxylation sites is 1. The Kier molecular flexibility index (Phi) is 3.43. The normalized spacial score (nSPS) is 10.7. The van der Waals surface area contributed by atoms with Crippen molar-refractivity contribution in [2.24, 2.45) is 5.73 Å². The van der Waals surface area contributed by atoms with E-state index >= 15 is 0 Å². The van der Waals surface area contributed by atoms with Crippen molar-refractivity contribution in [2.75, 3.05) is 0 Å². The van der Waals surface area contributed by atoms with E-state index in [1.54, 1.807) is 10.6 Å². The van der Waals surface area contributed by atoms with Gasteiger partial charge in [-0.05, 0) is 12.1 Å². The van der Waals surface area contributed by atoms with Gasteiger partial charge in [-0.25, -0.2) is 0 Å². The number of nitrogens with two attached hydrogens (primary N) is 1. The molecule has 0 aliphatic carbocycles. The number of halogens is 2. The van der Waals surface area contributed by atoms with Gasteiger partial charge in [0.05, 0.1) is 23.1 Å². The first-order valence-electron chi connectivity index (χ1n) is 4.72. The molecular weight excluding hydrogens is 247 g/mol. The average Bonchev–Trinajstić information content (AvgIpc) is 2.72. The van der Waals surface area contributed by atoms with Crippen molar-refractivity contribution in [3.05, 3.63) is 40.9 Å². The number of alkyl halides is 1. The lowest BCUT2D eigenvalue weighted by molar-refractivity contribution is 0.848. The molecule has 1 aromatic heterocycles. The van der Waals surface area contributed by atoms with Crippen LogP contribution in [0.15, 0.2) is 24.3 Å². The van der Waals surface area contributed by atoms with Gasteiger partial charge in [0.2, 0.25) is 0 Å². The zero-order chi connectivity index (χ0) is 11.5. The molecule has 0 spiro atoms. The Labute approximate surface area is 103 Å². The van der Waals surface area contributed by atoms with Crippen molar-refractivity contribution in [1.29, 1.82) is 0 Å². The van der Waals surface area contributed by atoms with Crippen LogP contribution in [0.4, 0.5) is 0 Å². The van der Waals surface area contributed by atoms with Gasteiger partial charge in [-0.1, -0.05) is 23.7 Å². The van der Waals surface area contributed by atoms with Crippen molar-refractivity contribution in [3.8, 4) is 5.69 Å². The molecule has 0 aliphatic rings.